The molecular weight excluding hydrogens is 371 g/mol. The Morgan fingerprint density at radius 3 is 2.34 bits per heavy atom. The van der Waals surface area contributed by atoms with E-state index >= 15 is 0 Å². The first-order chi connectivity index (χ1) is 14.2. The van der Waals surface area contributed by atoms with E-state index in [1.807, 2.05) is 42.5 Å². The molecule has 0 unspecified atom stereocenters. The smallest absolute Gasteiger partial charge is 0.161 e. The van der Waals surface area contributed by atoms with Crippen LogP contribution in [0.1, 0.15) is 16.7 Å². The molecule has 0 spiro atoms. The molecule has 0 saturated carbocycles. The molecule has 0 fully saturated rings. The maximum absolute atomic E-state index is 13.0. The molecule has 0 aliphatic carbocycles. The van der Waals surface area contributed by atoms with E-state index in [1.54, 1.807) is 32.6 Å². The molecule has 29 heavy (non-hydrogen) atoms. The third-order valence-corrected chi connectivity index (χ3v) is 4.25. The fraction of sp³-hybridized carbons (Fsp3) is 0.174. The Kier molecular flexibility index (Phi) is 7.05. The van der Waals surface area contributed by atoms with Crippen LogP contribution in [0.5, 0.6) is 17.2 Å². The average molecular weight is 394 g/mol. The van der Waals surface area contributed by atoms with Gasteiger partial charge in [-0.15, -0.1) is 0 Å². The first-order valence-electron chi connectivity index (χ1n) is 9.12. The van der Waals surface area contributed by atoms with Gasteiger partial charge in [-0.25, -0.2) is 4.39 Å². The molecule has 0 aliphatic heterocycles. The van der Waals surface area contributed by atoms with E-state index in [-0.39, 0.29) is 5.82 Å². The maximum atomic E-state index is 13.0. The van der Waals surface area contributed by atoms with Crippen LogP contribution in [0, 0.1) is 5.82 Å². The van der Waals surface area contributed by atoms with E-state index in [0.717, 1.165) is 16.7 Å². The Balaban J connectivity index is 1.58. The van der Waals surface area contributed by atoms with Crippen LogP contribution in [-0.4, -0.2) is 20.4 Å². The summed E-state index contributed by atoms with van der Waals surface area (Å²) in [5, 5.41) is 4.29. The first-order valence-corrected chi connectivity index (χ1v) is 9.12. The van der Waals surface area contributed by atoms with Gasteiger partial charge in [0.05, 0.1) is 27.0 Å². The maximum Gasteiger partial charge on any atom is 0.161 e. The highest BCUT2D eigenvalue weighted by Gasteiger charge is 2.04. The molecular formula is C23H23FN2O3. The standard InChI is InChI=1S/C23H23FN2O3/c1-27-22-12-9-18(13-23(22)28-2)14-25-26-15-19-5-3-4-6-21(19)29-16-17-7-10-20(24)11-8-17/h3-13,15,25H,14,16H2,1-2H3/b26-15-. The van der Waals surface area contributed by atoms with Crippen molar-refractivity contribution in [1.82, 2.24) is 5.43 Å². The number of para-hydroxylation sites is 1. The largest absolute Gasteiger partial charge is 0.493 e. The number of nitrogens with zero attached hydrogens (tertiary/aromatic N) is 1. The molecule has 0 bridgehead atoms. The van der Waals surface area contributed by atoms with Crippen LogP contribution in [0.3, 0.4) is 0 Å². The van der Waals surface area contributed by atoms with Crippen molar-refractivity contribution in [2.45, 2.75) is 13.2 Å². The van der Waals surface area contributed by atoms with Gasteiger partial charge >= 0.3 is 0 Å². The molecule has 150 valence electrons. The van der Waals surface area contributed by atoms with Gasteiger partial charge in [0.15, 0.2) is 11.5 Å². The zero-order chi connectivity index (χ0) is 20.5. The lowest BCUT2D eigenvalue weighted by molar-refractivity contribution is 0.305. The molecule has 5 nitrogen and oxygen atoms in total. The van der Waals surface area contributed by atoms with Crippen LogP contribution in [0.25, 0.3) is 0 Å². The minimum Gasteiger partial charge on any atom is -0.493 e. The van der Waals surface area contributed by atoms with Crippen LogP contribution in [0.4, 0.5) is 4.39 Å². The SMILES string of the molecule is COc1ccc(CN/N=C\c2ccccc2OCc2ccc(F)cc2)cc1OC. The second-order valence-corrected chi connectivity index (χ2v) is 6.24. The Hall–Kier alpha value is -3.54. The highest BCUT2D eigenvalue weighted by molar-refractivity contribution is 5.83. The van der Waals surface area contributed by atoms with Gasteiger partial charge in [0.25, 0.3) is 0 Å². The van der Waals surface area contributed by atoms with Gasteiger partial charge in [0.2, 0.25) is 0 Å². The van der Waals surface area contributed by atoms with Crippen LogP contribution in [0.15, 0.2) is 71.8 Å². The summed E-state index contributed by atoms with van der Waals surface area (Å²) in [6, 6.07) is 19.6. The number of hydrogen-bond donors (Lipinski definition) is 1. The van der Waals surface area contributed by atoms with E-state index in [0.29, 0.717) is 30.4 Å². The summed E-state index contributed by atoms with van der Waals surface area (Å²) < 4.78 is 29.4. The van der Waals surface area contributed by atoms with Gasteiger partial charge in [0, 0.05) is 5.56 Å². The molecule has 0 heterocycles. The minimum atomic E-state index is -0.262. The third-order valence-electron chi connectivity index (χ3n) is 4.25. The molecule has 0 saturated heterocycles. The zero-order valence-corrected chi connectivity index (χ0v) is 16.4. The van der Waals surface area contributed by atoms with Gasteiger partial charge in [-0.1, -0.05) is 30.3 Å². The number of hydrazone groups is 1. The monoisotopic (exact) mass is 394 g/mol. The van der Waals surface area contributed by atoms with Crippen molar-refractivity contribution >= 4 is 6.21 Å². The molecule has 3 aromatic rings. The number of ether oxygens (including phenoxy) is 3. The Morgan fingerprint density at radius 2 is 1.59 bits per heavy atom. The minimum absolute atomic E-state index is 0.262. The Bertz CT molecular complexity index is 959. The second kappa shape index (κ2) is 10.1. The van der Waals surface area contributed by atoms with Crippen molar-refractivity contribution in [1.29, 1.82) is 0 Å². The second-order valence-electron chi connectivity index (χ2n) is 6.24. The zero-order valence-electron chi connectivity index (χ0n) is 16.4. The van der Waals surface area contributed by atoms with Crippen LogP contribution in [0.2, 0.25) is 0 Å². The van der Waals surface area contributed by atoms with Gasteiger partial charge in [-0.05, 0) is 47.5 Å². The van der Waals surface area contributed by atoms with E-state index in [1.165, 1.54) is 12.1 Å². The van der Waals surface area contributed by atoms with E-state index in [9.17, 15) is 4.39 Å². The normalized spacial score (nSPS) is 10.7. The highest BCUT2D eigenvalue weighted by atomic mass is 19.1. The Morgan fingerprint density at radius 1 is 0.862 bits per heavy atom. The summed E-state index contributed by atoms with van der Waals surface area (Å²) in [7, 11) is 3.21. The molecule has 1 N–H and O–H groups in total. The summed E-state index contributed by atoms with van der Waals surface area (Å²) in [5.74, 6) is 1.80. The fourth-order valence-electron chi connectivity index (χ4n) is 2.70. The van der Waals surface area contributed by atoms with E-state index in [4.69, 9.17) is 14.2 Å². The van der Waals surface area contributed by atoms with E-state index < -0.39 is 0 Å². The predicted octanol–water partition coefficient (Wildman–Crippen LogP) is 4.55. The van der Waals surface area contributed by atoms with Crippen LogP contribution < -0.4 is 19.6 Å². The number of rotatable bonds is 9. The molecule has 0 aromatic heterocycles. The fourth-order valence-corrected chi connectivity index (χ4v) is 2.70. The topological polar surface area (TPSA) is 52.1 Å². The third kappa shape index (κ3) is 5.72. The van der Waals surface area contributed by atoms with Gasteiger partial charge < -0.3 is 19.6 Å². The lowest BCUT2D eigenvalue weighted by atomic mass is 10.2. The van der Waals surface area contributed by atoms with Crippen molar-refractivity contribution < 1.29 is 18.6 Å². The van der Waals surface area contributed by atoms with Crippen LogP contribution in [-0.2, 0) is 13.2 Å². The van der Waals surface area contributed by atoms with Crippen molar-refractivity contribution in [2.24, 2.45) is 5.10 Å². The van der Waals surface area contributed by atoms with Gasteiger partial charge in [0.1, 0.15) is 18.2 Å². The lowest BCUT2D eigenvalue weighted by Crippen LogP contribution is -2.06. The Labute approximate surface area is 169 Å². The van der Waals surface area contributed by atoms with Gasteiger partial charge in [-0.2, -0.15) is 5.10 Å². The average Bonchev–Trinajstić information content (AvgIpc) is 2.76. The van der Waals surface area contributed by atoms with Crippen LogP contribution >= 0.6 is 0 Å². The molecule has 0 aliphatic rings. The lowest BCUT2D eigenvalue weighted by Gasteiger charge is -2.10. The molecule has 0 amide bonds. The van der Waals surface area contributed by atoms with Crippen molar-refractivity contribution in [3.05, 3.63) is 89.2 Å². The number of nitrogens with one attached hydrogen (secondary N) is 1. The predicted molar refractivity (Wildman–Crippen MR) is 111 cm³/mol. The number of hydrogen-bond acceptors (Lipinski definition) is 5. The van der Waals surface area contributed by atoms with Gasteiger partial charge in [-0.3, -0.25) is 0 Å². The first kappa shape index (κ1) is 20.2. The van der Waals surface area contributed by atoms with Crippen molar-refractivity contribution in [2.75, 3.05) is 14.2 Å². The molecule has 6 heteroatoms. The summed E-state index contributed by atoms with van der Waals surface area (Å²) >= 11 is 0. The van der Waals surface area contributed by atoms with E-state index in [2.05, 4.69) is 10.5 Å². The summed E-state index contributed by atoms with van der Waals surface area (Å²) in [6.45, 7) is 0.889. The number of methoxy groups -OCH3 is 2. The molecule has 3 aromatic carbocycles. The number of benzene rings is 3. The highest BCUT2D eigenvalue weighted by Crippen LogP contribution is 2.27. The summed E-state index contributed by atoms with van der Waals surface area (Å²) in [5.41, 5.74) is 5.77. The molecule has 0 atom stereocenters. The summed E-state index contributed by atoms with van der Waals surface area (Å²) in [4.78, 5) is 0. The summed E-state index contributed by atoms with van der Waals surface area (Å²) in [6.07, 6.45) is 1.71. The number of halogens is 1. The quantitative estimate of drug-likeness (QED) is 0.427. The molecule has 0 radical (unpaired) electrons. The molecule has 3 rings (SSSR count). The van der Waals surface area contributed by atoms with Crippen molar-refractivity contribution in [3.63, 3.8) is 0 Å². The van der Waals surface area contributed by atoms with Crippen molar-refractivity contribution in [3.8, 4) is 17.2 Å².